The standard InChI is InChI=1S/C27H24FN3O4/c1-17-6-12-23(13-7-17)34-16-25(32)30-22-5-3-4-20(14-22)27-31-24(18(2)35-27)15-29-26(33)19-8-10-21(28)11-9-19/h3-14H,15-16H2,1-2H3,(H,29,33)(H,30,32). The molecule has 4 aromatic rings. The third-order valence-electron chi connectivity index (χ3n) is 5.20. The van der Waals surface area contributed by atoms with Crippen molar-refractivity contribution in [2.75, 3.05) is 11.9 Å². The van der Waals surface area contributed by atoms with E-state index < -0.39 is 5.82 Å². The molecule has 0 saturated heterocycles. The van der Waals surface area contributed by atoms with Gasteiger partial charge in [0, 0.05) is 16.8 Å². The van der Waals surface area contributed by atoms with Gasteiger partial charge in [-0.05, 0) is 68.4 Å². The second-order valence-corrected chi connectivity index (χ2v) is 7.94. The zero-order valence-corrected chi connectivity index (χ0v) is 19.3. The van der Waals surface area contributed by atoms with Crippen molar-refractivity contribution >= 4 is 17.5 Å². The topological polar surface area (TPSA) is 93.5 Å². The van der Waals surface area contributed by atoms with E-state index in [1.54, 1.807) is 25.1 Å². The first-order valence-electron chi connectivity index (χ1n) is 11.0. The Hall–Kier alpha value is -4.46. The highest BCUT2D eigenvalue weighted by molar-refractivity contribution is 5.94. The van der Waals surface area contributed by atoms with Crippen LogP contribution < -0.4 is 15.4 Å². The second-order valence-electron chi connectivity index (χ2n) is 7.94. The van der Waals surface area contributed by atoms with E-state index >= 15 is 0 Å². The van der Waals surface area contributed by atoms with Crippen molar-refractivity contribution in [3.8, 4) is 17.2 Å². The SMILES string of the molecule is Cc1ccc(OCC(=O)Nc2cccc(-c3nc(CNC(=O)c4ccc(F)cc4)c(C)o3)c2)cc1. The lowest BCUT2D eigenvalue weighted by Gasteiger charge is -2.08. The van der Waals surface area contributed by atoms with Crippen LogP contribution in [-0.2, 0) is 11.3 Å². The Morgan fingerprint density at radius 3 is 2.49 bits per heavy atom. The maximum atomic E-state index is 13.1. The van der Waals surface area contributed by atoms with Crippen molar-refractivity contribution in [1.29, 1.82) is 0 Å². The summed E-state index contributed by atoms with van der Waals surface area (Å²) >= 11 is 0. The highest BCUT2D eigenvalue weighted by Gasteiger charge is 2.14. The molecule has 0 aliphatic heterocycles. The minimum Gasteiger partial charge on any atom is -0.484 e. The zero-order chi connectivity index (χ0) is 24.8. The number of hydrogen-bond acceptors (Lipinski definition) is 5. The number of carbonyl (C=O) groups is 2. The van der Waals surface area contributed by atoms with Gasteiger partial charge in [-0.25, -0.2) is 9.37 Å². The van der Waals surface area contributed by atoms with E-state index in [0.29, 0.717) is 39.9 Å². The number of anilines is 1. The molecule has 0 atom stereocenters. The lowest BCUT2D eigenvalue weighted by Crippen LogP contribution is -2.23. The first kappa shape index (κ1) is 23.7. The maximum absolute atomic E-state index is 13.1. The molecule has 178 valence electrons. The van der Waals surface area contributed by atoms with Crippen LogP contribution in [0.4, 0.5) is 10.1 Å². The summed E-state index contributed by atoms with van der Waals surface area (Å²) in [5.74, 6) is 0.493. The average molecular weight is 474 g/mol. The van der Waals surface area contributed by atoms with Gasteiger partial charge < -0.3 is 19.8 Å². The average Bonchev–Trinajstić information content (AvgIpc) is 3.23. The van der Waals surface area contributed by atoms with Gasteiger partial charge in [-0.2, -0.15) is 0 Å². The lowest BCUT2D eigenvalue weighted by atomic mass is 10.2. The molecule has 2 amide bonds. The summed E-state index contributed by atoms with van der Waals surface area (Å²) in [6.07, 6.45) is 0. The molecule has 2 N–H and O–H groups in total. The highest BCUT2D eigenvalue weighted by atomic mass is 19.1. The molecule has 7 nitrogen and oxygen atoms in total. The van der Waals surface area contributed by atoms with Gasteiger partial charge in [-0.15, -0.1) is 0 Å². The van der Waals surface area contributed by atoms with Crippen LogP contribution in [-0.4, -0.2) is 23.4 Å². The second kappa shape index (κ2) is 10.6. The molecule has 0 saturated carbocycles. The monoisotopic (exact) mass is 473 g/mol. The number of aryl methyl sites for hydroxylation is 2. The molecule has 0 fully saturated rings. The Morgan fingerprint density at radius 2 is 1.74 bits per heavy atom. The Balaban J connectivity index is 1.36. The van der Waals surface area contributed by atoms with Crippen molar-refractivity contribution in [1.82, 2.24) is 10.3 Å². The molecule has 0 aliphatic carbocycles. The number of carbonyl (C=O) groups excluding carboxylic acids is 2. The molecular weight excluding hydrogens is 449 g/mol. The molecule has 0 aliphatic rings. The Kier molecular flexibility index (Phi) is 7.21. The fourth-order valence-electron chi connectivity index (χ4n) is 3.29. The Labute approximate surface area is 202 Å². The van der Waals surface area contributed by atoms with Crippen LogP contribution in [0.1, 0.15) is 27.4 Å². The molecule has 0 unspecified atom stereocenters. The van der Waals surface area contributed by atoms with Crippen LogP contribution in [0.3, 0.4) is 0 Å². The van der Waals surface area contributed by atoms with E-state index in [1.807, 2.05) is 37.3 Å². The fraction of sp³-hybridized carbons (Fsp3) is 0.148. The first-order chi connectivity index (χ1) is 16.9. The van der Waals surface area contributed by atoms with Crippen LogP contribution in [0.25, 0.3) is 11.5 Å². The normalized spacial score (nSPS) is 10.6. The van der Waals surface area contributed by atoms with Gasteiger partial charge in [-0.1, -0.05) is 23.8 Å². The van der Waals surface area contributed by atoms with Crippen molar-refractivity contribution in [2.24, 2.45) is 0 Å². The van der Waals surface area contributed by atoms with E-state index in [-0.39, 0.29) is 25.0 Å². The number of oxazole rings is 1. The number of amides is 2. The number of ether oxygens (including phenoxy) is 1. The number of nitrogens with one attached hydrogen (secondary N) is 2. The number of hydrogen-bond donors (Lipinski definition) is 2. The summed E-state index contributed by atoms with van der Waals surface area (Å²) in [7, 11) is 0. The van der Waals surface area contributed by atoms with Crippen molar-refractivity contribution in [3.63, 3.8) is 0 Å². The van der Waals surface area contributed by atoms with Gasteiger partial charge >= 0.3 is 0 Å². The molecule has 1 heterocycles. The highest BCUT2D eigenvalue weighted by Crippen LogP contribution is 2.24. The minimum absolute atomic E-state index is 0.122. The number of benzene rings is 3. The third-order valence-corrected chi connectivity index (χ3v) is 5.20. The summed E-state index contributed by atoms with van der Waals surface area (Å²) < 4.78 is 24.4. The van der Waals surface area contributed by atoms with Gasteiger partial charge in [0.15, 0.2) is 6.61 Å². The van der Waals surface area contributed by atoms with E-state index in [4.69, 9.17) is 9.15 Å². The van der Waals surface area contributed by atoms with Gasteiger partial charge in [0.2, 0.25) is 5.89 Å². The van der Waals surface area contributed by atoms with Gasteiger partial charge in [0.1, 0.15) is 23.0 Å². The van der Waals surface area contributed by atoms with E-state index in [2.05, 4.69) is 15.6 Å². The van der Waals surface area contributed by atoms with Gasteiger partial charge in [0.05, 0.1) is 6.54 Å². The Bertz CT molecular complexity index is 1330. The molecule has 3 aromatic carbocycles. The summed E-state index contributed by atoms with van der Waals surface area (Å²) in [5, 5.41) is 5.55. The molecule has 0 bridgehead atoms. The number of aromatic nitrogens is 1. The van der Waals surface area contributed by atoms with Gasteiger partial charge in [-0.3, -0.25) is 9.59 Å². The smallest absolute Gasteiger partial charge is 0.262 e. The summed E-state index contributed by atoms with van der Waals surface area (Å²) in [6.45, 7) is 3.76. The lowest BCUT2D eigenvalue weighted by molar-refractivity contribution is -0.118. The zero-order valence-electron chi connectivity index (χ0n) is 19.3. The molecule has 0 radical (unpaired) electrons. The largest absolute Gasteiger partial charge is 0.484 e. The molecular formula is C27H24FN3O4. The molecule has 0 spiro atoms. The van der Waals surface area contributed by atoms with Crippen molar-refractivity contribution in [2.45, 2.75) is 20.4 Å². The fourth-order valence-corrected chi connectivity index (χ4v) is 3.29. The molecule has 8 heteroatoms. The van der Waals surface area contributed by atoms with Crippen LogP contribution in [0.15, 0.2) is 77.2 Å². The van der Waals surface area contributed by atoms with Crippen molar-refractivity contribution < 1.29 is 23.1 Å². The predicted octanol–water partition coefficient (Wildman–Crippen LogP) is 5.05. The number of nitrogens with zero attached hydrogens (tertiary/aromatic N) is 1. The summed E-state index contributed by atoms with van der Waals surface area (Å²) in [6, 6.07) is 19.8. The predicted molar refractivity (Wildman–Crippen MR) is 130 cm³/mol. The number of rotatable bonds is 8. The van der Waals surface area contributed by atoms with Crippen LogP contribution in [0, 0.1) is 19.7 Å². The summed E-state index contributed by atoms with van der Waals surface area (Å²) in [4.78, 5) is 29.1. The van der Waals surface area contributed by atoms with Gasteiger partial charge in [0.25, 0.3) is 11.8 Å². The van der Waals surface area contributed by atoms with E-state index in [0.717, 1.165) is 5.56 Å². The maximum Gasteiger partial charge on any atom is 0.262 e. The quantitative estimate of drug-likeness (QED) is 0.374. The van der Waals surface area contributed by atoms with Crippen molar-refractivity contribution in [3.05, 3.63) is 101 Å². The van der Waals surface area contributed by atoms with Crippen LogP contribution in [0.5, 0.6) is 5.75 Å². The molecule has 1 aromatic heterocycles. The van der Waals surface area contributed by atoms with E-state index in [1.165, 1.54) is 24.3 Å². The molecule has 35 heavy (non-hydrogen) atoms. The Morgan fingerprint density at radius 1 is 1.00 bits per heavy atom. The number of halogens is 1. The third kappa shape index (κ3) is 6.32. The summed E-state index contributed by atoms with van der Waals surface area (Å²) in [5.41, 5.74) is 3.27. The van der Waals surface area contributed by atoms with Crippen LogP contribution in [0.2, 0.25) is 0 Å². The van der Waals surface area contributed by atoms with E-state index in [9.17, 15) is 14.0 Å². The molecule has 4 rings (SSSR count). The minimum atomic E-state index is -0.407. The van der Waals surface area contributed by atoms with Crippen LogP contribution >= 0.6 is 0 Å². The first-order valence-corrected chi connectivity index (χ1v) is 11.0.